The molecule has 0 aliphatic carbocycles. The maximum Gasteiger partial charge on any atom is 0.130 e. The second-order valence-corrected chi connectivity index (χ2v) is 2.79. The Kier molecular flexibility index (Phi) is 3.56. The first-order valence-corrected chi connectivity index (χ1v) is 4.12. The van der Waals surface area contributed by atoms with Crippen molar-refractivity contribution in [3.63, 3.8) is 0 Å². The molecule has 4 heteroatoms. The van der Waals surface area contributed by atoms with E-state index in [0.29, 0.717) is 5.56 Å². The Morgan fingerprint density at radius 1 is 1.40 bits per heavy atom. The van der Waals surface area contributed by atoms with Gasteiger partial charge in [-0.25, -0.2) is 4.39 Å². The van der Waals surface area contributed by atoms with Crippen LogP contribution in [0.15, 0.2) is 23.8 Å². The second kappa shape index (κ2) is 4.90. The average Bonchev–Trinajstić information content (AvgIpc) is 2.26. The zero-order chi connectivity index (χ0) is 11.3. The first kappa shape index (κ1) is 10.9. The molecule has 0 bridgehead atoms. The van der Waals surface area contributed by atoms with Gasteiger partial charge >= 0.3 is 0 Å². The number of benzene rings is 1. The van der Waals surface area contributed by atoms with E-state index in [1.165, 1.54) is 24.3 Å². The number of nitrogens with zero attached hydrogens (tertiary/aromatic N) is 2. The fraction of sp³-hybridized carbons (Fsp3) is 0.0909. The van der Waals surface area contributed by atoms with Crippen LogP contribution in [0.1, 0.15) is 11.1 Å². The summed E-state index contributed by atoms with van der Waals surface area (Å²) in [5.74, 6) is -0.554. The van der Waals surface area contributed by atoms with Gasteiger partial charge in [-0.1, -0.05) is 12.1 Å². The van der Waals surface area contributed by atoms with Crippen LogP contribution >= 0.6 is 0 Å². The number of aliphatic hydroxyl groups is 1. The summed E-state index contributed by atoms with van der Waals surface area (Å²) in [4.78, 5) is 0. The maximum atomic E-state index is 13.2. The van der Waals surface area contributed by atoms with Crippen molar-refractivity contribution >= 4 is 6.08 Å². The number of rotatable bonds is 2. The minimum atomic E-state index is -0.554. The summed E-state index contributed by atoms with van der Waals surface area (Å²) in [5.41, 5.74) is 0.511. The molecule has 0 radical (unpaired) electrons. The first-order chi connectivity index (χ1) is 7.21. The topological polar surface area (TPSA) is 67.8 Å². The third kappa shape index (κ3) is 2.63. The van der Waals surface area contributed by atoms with Crippen molar-refractivity contribution in [1.29, 1.82) is 10.5 Å². The summed E-state index contributed by atoms with van der Waals surface area (Å²) in [5, 5.41) is 25.7. The number of halogens is 1. The normalized spacial score (nSPS) is 8.80. The van der Waals surface area contributed by atoms with Crippen molar-refractivity contribution in [2.24, 2.45) is 0 Å². The number of hydrogen-bond donors (Lipinski definition) is 1. The lowest BCUT2D eigenvalue weighted by Crippen LogP contribution is -1.90. The molecule has 0 atom stereocenters. The lowest BCUT2D eigenvalue weighted by molar-refractivity contribution is 0.275. The first-order valence-electron chi connectivity index (χ1n) is 4.12. The summed E-state index contributed by atoms with van der Waals surface area (Å²) in [6.45, 7) is -0.376. The Morgan fingerprint density at radius 3 is 2.53 bits per heavy atom. The number of hydrogen-bond acceptors (Lipinski definition) is 3. The molecule has 0 aliphatic rings. The van der Waals surface area contributed by atoms with Crippen LogP contribution in [0.4, 0.5) is 4.39 Å². The fourth-order valence-electron chi connectivity index (χ4n) is 1.04. The van der Waals surface area contributed by atoms with E-state index in [0.717, 1.165) is 0 Å². The second-order valence-electron chi connectivity index (χ2n) is 2.79. The van der Waals surface area contributed by atoms with Crippen molar-refractivity contribution in [2.75, 3.05) is 0 Å². The molecule has 1 aromatic carbocycles. The Balaban J connectivity index is 3.11. The third-order valence-corrected chi connectivity index (χ3v) is 1.80. The molecule has 0 saturated carbocycles. The highest BCUT2D eigenvalue weighted by Crippen LogP contribution is 2.13. The van der Waals surface area contributed by atoms with Crippen LogP contribution in [0.25, 0.3) is 6.08 Å². The van der Waals surface area contributed by atoms with Gasteiger partial charge in [0.1, 0.15) is 23.5 Å². The Hall–Kier alpha value is -2.17. The molecule has 0 spiro atoms. The molecule has 0 aliphatic heterocycles. The van der Waals surface area contributed by atoms with Gasteiger partial charge in [-0.3, -0.25) is 0 Å². The van der Waals surface area contributed by atoms with Gasteiger partial charge in [0.2, 0.25) is 0 Å². The van der Waals surface area contributed by atoms with Crippen molar-refractivity contribution in [1.82, 2.24) is 0 Å². The predicted molar refractivity (Wildman–Crippen MR) is 51.5 cm³/mol. The summed E-state index contributed by atoms with van der Waals surface area (Å²) in [6.07, 6.45) is 1.28. The van der Waals surface area contributed by atoms with Gasteiger partial charge in [0.15, 0.2) is 0 Å². The highest BCUT2D eigenvalue weighted by Gasteiger charge is 2.01. The monoisotopic (exact) mass is 202 g/mol. The van der Waals surface area contributed by atoms with E-state index < -0.39 is 5.82 Å². The molecule has 1 rings (SSSR count). The molecule has 3 nitrogen and oxygen atoms in total. The Morgan fingerprint density at radius 2 is 2.07 bits per heavy atom. The van der Waals surface area contributed by atoms with E-state index in [-0.39, 0.29) is 17.7 Å². The maximum absolute atomic E-state index is 13.2. The molecule has 15 heavy (non-hydrogen) atoms. The highest BCUT2D eigenvalue weighted by atomic mass is 19.1. The minimum absolute atomic E-state index is 0.0915. The average molecular weight is 202 g/mol. The van der Waals surface area contributed by atoms with Gasteiger partial charge in [0, 0.05) is 5.56 Å². The zero-order valence-electron chi connectivity index (χ0n) is 7.74. The Bertz CT molecular complexity index is 464. The summed E-state index contributed by atoms with van der Waals surface area (Å²) >= 11 is 0. The van der Waals surface area contributed by atoms with E-state index >= 15 is 0 Å². The molecule has 0 amide bonds. The molecular formula is C11H7FN2O. The van der Waals surface area contributed by atoms with E-state index in [4.69, 9.17) is 15.6 Å². The molecule has 0 aromatic heterocycles. The molecule has 0 saturated heterocycles. The molecule has 0 unspecified atom stereocenters. The number of allylic oxidation sites excluding steroid dienone is 1. The lowest BCUT2D eigenvalue weighted by Gasteiger charge is -1.99. The van der Waals surface area contributed by atoms with Crippen molar-refractivity contribution in [3.8, 4) is 12.1 Å². The van der Waals surface area contributed by atoms with Gasteiger partial charge in [0.25, 0.3) is 0 Å². The molecule has 0 fully saturated rings. The summed E-state index contributed by atoms with van der Waals surface area (Å²) < 4.78 is 13.2. The van der Waals surface area contributed by atoms with Gasteiger partial charge in [-0.05, 0) is 17.7 Å². The number of aliphatic hydroxyl groups excluding tert-OH is 1. The molecular weight excluding hydrogens is 195 g/mol. The molecule has 0 heterocycles. The van der Waals surface area contributed by atoms with Gasteiger partial charge in [-0.15, -0.1) is 0 Å². The largest absolute Gasteiger partial charge is 0.392 e. The van der Waals surface area contributed by atoms with Crippen molar-refractivity contribution in [2.45, 2.75) is 6.61 Å². The summed E-state index contributed by atoms with van der Waals surface area (Å²) in [6, 6.07) is 7.46. The lowest BCUT2D eigenvalue weighted by atomic mass is 10.1. The van der Waals surface area contributed by atoms with Crippen LogP contribution in [-0.2, 0) is 6.61 Å². The van der Waals surface area contributed by atoms with Crippen molar-refractivity contribution in [3.05, 3.63) is 40.7 Å². The standard InChI is InChI=1S/C11H7FN2O/c12-11-4-8(1-2-10(11)7-15)3-9(5-13)6-14/h1-4,15H,7H2. The minimum Gasteiger partial charge on any atom is -0.392 e. The van der Waals surface area contributed by atoms with Crippen LogP contribution < -0.4 is 0 Å². The van der Waals surface area contributed by atoms with E-state index in [1.54, 1.807) is 12.1 Å². The van der Waals surface area contributed by atoms with Gasteiger partial charge in [0.05, 0.1) is 6.61 Å². The predicted octanol–water partition coefficient (Wildman–Crippen LogP) is 1.75. The van der Waals surface area contributed by atoms with E-state index in [2.05, 4.69) is 0 Å². The van der Waals surface area contributed by atoms with Gasteiger partial charge < -0.3 is 5.11 Å². The third-order valence-electron chi connectivity index (χ3n) is 1.80. The SMILES string of the molecule is N#CC(C#N)=Cc1ccc(CO)c(F)c1. The molecule has 74 valence electrons. The number of nitriles is 2. The van der Waals surface area contributed by atoms with E-state index in [9.17, 15) is 4.39 Å². The quantitative estimate of drug-likeness (QED) is 0.743. The zero-order valence-corrected chi connectivity index (χ0v) is 7.74. The van der Waals surface area contributed by atoms with E-state index in [1.807, 2.05) is 0 Å². The Labute approximate surface area is 86.3 Å². The molecule has 1 N–H and O–H groups in total. The highest BCUT2D eigenvalue weighted by molar-refractivity contribution is 5.62. The summed E-state index contributed by atoms with van der Waals surface area (Å²) in [7, 11) is 0. The smallest absolute Gasteiger partial charge is 0.130 e. The fourth-order valence-corrected chi connectivity index (χ4v) is 1.04. The van der Waals surface area contributed by atoms with Crippen LogP contribution in [0.5, 0.6) is 0 Å². The van der Waals surface area contributed by atoms with Crippen LogP contribution in [0.3, 0.4) is 0 Å². The van der Waals surface area contributed by atoms with Gasteiger partial charge in [-0.2, -0.15) is 10.5 Å². The van der Waals surface area contributed by atoms with Crippen LogP contribution in [-0.4, -0.2) is 5.11 Å². The van der Waals surface area contributed by atoms with Crippen LogP contribution in [0.2, 0.25) is 0 Å². The van der Waals surface area contributed by atoms with Crippen LogP contribution in [0, 0.1) is 28.5 Å². The van der Waals surface area contributed by atoms with Crippen molar-refractivity contribution < 1.29 is 9.50 Å². The molecule has 1 aromatic rings.